The Hall–Kier alpha value is -3.88. The van der Waals surface area contributed by atoms with Gasteiger partial charge >= 0.3 is 0 Å². The number of aromatic nitrogens is 4. The minimum Gasteiger partial charge on any atom is -0.496 e. The van der Waals surface area contributed by atoms with Gasteiger partial charge in [0.2, 0.25) is 5.91 Å². The summed E-state index contributed by atoms with van der Waals surface area (Å²) in [6.45, 7) is 0.927. The van der Waals surface area contributed by atoms with Crippen LogP contribution in [0.25, 0.3) is 5.65 Å². The molecule has 0 bridgehead atoms. The van der Waals surface area contributed by atoms with Crippen LogP contribution in [-0.4, -0.2) is 32.8 Å². The van der Waals surface area contributed by atoms with Crippen LogP contribution in [0.5, 0.6) is 5.75 Å². The number of hydrogen-bond acceptors (Lipinski definition) is 7. The molecule has 30 heavy (non-hydrogen) atoms. The number of fused-ring (bicyclic) bond motifs is 1. The number of rotatable bonds is 9. The van der Waals surface area contributed by atoms with Crippen molar-refractivity contribution < 1.29 is 13.9 Å². The van der Waals surface area contributed by atoms with Gasteiger partial charge in [-0.25, -0.2) is 0 Å². The monoisotopic (exact) mass is 406 g/mol. The molecule has 2 N–H and O–H groups in total. The summed E-state index contributed by atoms with van der Waals surface area (Å²) < 4.78 is 12.3. The van der Waals surface area contributed by atoms with Gasteiger partial charge in [0, 0.05) is 24.9 Å². The number of ether oxygens (including phenoxy) is 1. The molecule has 3 aromatic heterocycles. The third-order valence-electron chi connectivity index (χ3n) is 4.60. The van der Waals surface area contributed by atoms with Gasteiger partial charge in [-0.3, -0.25) is 4.79 Å². The lowest BCUT2D eigenvalue weighted by molar-refractivity contribution is -0.121. The van der Waals surface area contributed by atoms with Gasteiger partial charge in [0.15, 0.2) is 11.5 Å². The van der Waals surface area contributed by atoms with Gasteiger partial charge in [0.05, 0.1) is 19.9 Å². The summed E-state index contributed by atoms with van der Waals surface area (Å²) in [5.41, 5.74) is 1.55. The number of nitrogens with one attached hydrogen (secondary N) is 2. The Kier molecular flexibility index (Phi) is 5.88. The van der Waals surface area contributed by atoms with Crippen LogP contribution in [0.4, 0.5) is 5.82 Å². The number of amides is 1. The summed E-state index contributed by atoms with van der Waals surface area (Å²) in [4.78, 5) is 12.3. The lowest BCUT2D eigenvalue weighted by Crippen LogP contribution is -2.23. The maximum absolute atomic E-state index is 12.3. The Labute approximate surface area is 173 Å². The van der Waals surface area contributed by atoms with Crippen molar-refractivity contribution in [3.8, 4) is 5.75 Å². The normalized spacial score (nSPS) is 10.8. The summed E-state index contributed by atoms with van der Waals surface area (Å²) in [7, 11) is 1.61. The molecular weight excluding hydrogens is 384 g/mol. The van der Waals surface area contributed by atoms with E-state index in [0.717, 1.165) is 17.1 Å². The number of carbonyl (C=O) groups excluding carboxylic acids is 1. The number of para-hydroxylation sites is 1. The summed E-state index contributed by atoms with van der Waals surface area (Å²) in [5, 5.41) is 18.9. The SMILES string of the molecule is COc1ccccc1CNC(=O)CCc1nnc2ccc(NCc3ccco3)nn12. The van der Waals surface area contributed by atoms with E-state index in [-0.39, 0.29) is 12.3 Å². The van der Waals surface area contributed by atoms with Gasteiger partial charge in [-0.2, -0.15) is 4.52 Å². The minimum absolute atomic E-state index is 0.0789. The second-order valence-corrected chi connectivity index (χ2v) is 6.63. The standard InChI is InChI=1S/C21H22N6O3/c1-29-17-7-3-2-5-15(17)13-23-21(28)11-10-20-25-24-19-9-8-18(26-27(19)20)22-14-16-6-4-12-30-16/h2-9,12H,10-11,13-14H2,1H3,(H,22,26)(H,23,28). The van der Waals surface area contributed by atoms with Crippen LogP contribution in [0.15, 0.2) is 59.2 Å². The highest BCUT2D eigenvalue weighted by molar-refractivity contribution is 5.76. The van der Waals surface area contributed by atoms with Gasteiger partial charge in [-0.05, 0) is 30.3 Å². The van der Waals surface area contributed by atoms with E-state index in [9.17, 15) is 4.79 Å². The van der Waals surface area contributed by atoms with E-state index in [0.29, 0.717) is 36.8 Å². The largest absolute Gasteiger partial charge is 0.496 e. The molecule has 0 aliphatic heterocycles. The lowest BCUT2D eigenvalue weighted by Gasteiger charge is -2.09. The van der Waals surface area contributed by atoms with Crippen LogP contribution in [0.1, 0.15) is 23.6 Å². The fourth-order valence-corrected chi connectivity index (χ4v) is 3.03. The molecule has 0 spiro atoms. The van der Waals surface area contributed by atoms with Crippen LogP contribution in [0.2, 0.25) is 0 Å². The van der Waals surface area contributed by atoms with Gasteiger partial charge in [0.25, 0.3) is 0 Å². The first kappa shape index (κ1) is 19.4. The van der Waals surface area contributed by atoms with Crippen molar-refractivity contribution >= 4 is 17.4 Å². The van der Waals surface area contributed by atoms with E-state index in [1.54, 1.807) is 17.9 Å². The fraction of sp³-hybridized carbons (Fsp3) is 0.238. The molecule has 0 aliphatic rings. The van der Waals surface area contributed by atoms with Crippen molar-refractivity contribution in [2.75, 3.05) is 12.4 Å². The number of anilines is 1. The van der Waals surface area contributed by atoms with Crippen LogP contribution < -0.4 is 15.4 Å². The average molecular weight is 406 g/mol. The molecule has 0 saturated carbocycles. The van der Waals surface area contributed by atoms with E-state index >= 15 is 0 Å². The first-order valence-corrected chi connectivity index (χ1v) is 9.59. The predicted octanol–water partition coefficient (Wildman–Crippen LogP) is 2.59. The Morgan fingerprint density at radius 1 is 1.10 bits per heavy atom. The van der Waals surface area contributed by atoms with Crippen molar-refractivity contribution in [3.63, 3.8) is 0 Å². The van der Waals surface area contributed by atoms with Gasteiger partial charge in [-0.1, -0.05) is 18.2 Å². The van der Waals surface area contributed by atoms with Crippen LogP contribution in [0, 0.1) is 0 Å². The zero-order valence-corrected chi connectivity index (χ0v) is 16.5. The topological polar surface area (TPSA) is 107 Å². The number of nitrogens with zero attached hydrogens (tertiary/aromatic N) is 4. The molecule has 1 amide bonds. The number of hydrogen-bond donors (Lipinski definition) is 2. The highest BCUT2D eigenvalue weighted by atomic mass is 16.5. The highest BCUT2D eigenvalue weighted by Crippen LogP contribution is 2.17. The maximum atomic E-state index is 12.3. The molecule has 1 aromatic carbocycles. The number of carbonyl (C=O) groups is 1. The number of furan rings is 1. The van der Waals surface area contributed by atoms with E-state index in [1.165, 1.54) is 0 Å². The molecule has 4 aromatic rings. The van der Waals surface area contributed by atoms with Gasteiger partial charge in [-0.15, -0.1) is 15.3 Å². The molecule has 0 saturated heterocycles. The molecule has 4 rings (SSSR count). The second-order valence-electron chi connectivity index (χ2n) is 6.63. The molecule has 154 valence electrons. The van der Waals surface area contributed by atoms with Gasteiger partial charge in [0.1, 0.15) is 17.3 Å². The molecule has 9 nitrogen and oxygen atoms in total. The zero-order valence-electron chi connectivity index (χ0n) is 16.5. The Bertz CT molecular complexity index is 1120. The van der Waals surface area contributed by atoms with E-state index in [4.69, 9.17) is 9.15 Å². The first-order valence-electron chi connectivity index (χ1n) is 9.59. The maximum Gasteiger partial charge on any atom is 0.220 e. The minimum atomic E-state index is -0.0789. The van der Waals surface area contributed by atoms with Crippen molar-refractivity contribution in [3.05, 3.63) is 71.9 Å². The van der Waals surface area contributed by atoms with Gasteiger partial charge < -0.3 is 19.8 Å². The predicted molar refractivity (Wildman–Crippen MR) is 110 cm³/mol. The fourth-order valence-electron chi connectivity index (χ4n) is 3.03. The van der Waals surface area contributed by atoms with Crippen LogP contribution in [0.3, 0.4) is 0 Å². The number of methoxy groups -OCH3 is 1. The molecule has 0 unspecified atom stereocenters. The molecule has 3 heterocycles. The van der Waals surface area contributed by atoms with E-state index in [1.807, 2.05) is 48.5 Å². The lowest BCUT2D eigenvalue weighted by atomic mass is 10.2. The summed E-state index contributed by atoms with van der Waals surface area (Å²) >= 11 is 0. The summed E-state index contributed by atoms with van der Waals surface area (Å²) in [5.74, 6) is 2.78. The van der Waals surface area contributed by atoms with Crippen LogP contribution in [-0.2, 0) is 24.3 Å². The third kappa shape index (κ3) is 4.57. The van der Waals surface area contributed by atoms with E-state index in [2.05, 4.69) is 25.9 Å². The summed E-state index contributed by atoms with van der Waals surface area (Å²) in [6, 6.07) is 15.0. The Morgan fingerprint density at radius 3 is 2.83 bits per heavy atom. The number of benzene rings is 1. The van der Waals surface area contributed by atoms with Crippen molar-refractivity contribution in [2.24, 2.45) is 0 Å². The molecular formula is C21H22N6O3. The zero-order chi connectivity index (χ0) is 20.8. The van der Waals surface area contributed by atoms with Crippen molar-refractivity contribution in [2.45, 2.75) is 25.9 Å². The molecule has 0 radical (unpaired) electrons. The second kappa shape index (κ2) is 9.08. The molecule has 0 aliphatic carbocycles. The smallest absolute Gasteiger partial charge is 0.220 e. The van der Waals surface area contributed by atoms with Crippen LogP contribution >= 0.6 is 0 Å². The average Bonchev–Trinajstić information content (AvgIpc) is 3.44. The molecule has 0 atom stereocenters. The molecule has 9 heteroatoms. The third-order valence-corrected chi connectivity index (χ3v) is 4.60. The highest BCUT2D eigenvalue weighted by Gasteiger charge is 2.11. The molecule has 0 fully saturated rings. The number of aryl methyl sites for hydroxylation is 1. The summed E-state index contributed by atoms with van der Waals surface area (Å²) in [6.07, 6.45) is 2.33. The van der Waals surface area contributed by atoms with Crippen molar-refractivity contribution in [1.82, 2.24) is 25.1 Å². The quantitative estimate of drug-likeness (QED) is 0.440. The van der Waals surface area contributed by atoms with E-state index < -0.39 is 0 Å². The Morgan fingerprint density at radius 2 is 2.00 bits per heavy atom. The first-order chi connectivity index (χ1) is 14.7. The Balaban J connectivity index is 1.35. The van der Waals surface area contributed by atoms with Crippen molar-refractivity contribution in [1.29, 1.82) is 0 Å².